The summed E-state index contributed by atoms with van der Waals surface area (Å²) in [5.74, 6) is -0.828. The van der Waals surface area contributed by atoms with Crippen molar-refractivity contribution in [3.8, 4) is 11.5 Å². The first-order chi connectivity index (χ1) is 10.5. The number of aliphatic carboxylic acids is 1. The molecule has 2 aromatic rings. The molecule has 0 aliphatic heterocycles. The monoisotopic (exact) mass is 319 g/mol. The van der Waals surface area contributed by atoms with Crippen LogP contribution in [0.5, 0.6) is 11.5 Å². The average Bonchev–Trinajstić information content (AvgIpc) is 2.48. The third kappa shape index (κ3) is 3.83. The molecule has 0 saturated heterocycles. The van der Waals surface area contributed by atoms with Gasteiger partial charge in [-0.25, -0.2) is 4.79 Å². The quantitative estimate of drug-likeness (QED) is 0.508. The third-order valence-corrected chi connectivity index (χ3v) is 2.97. The summed E-state index contributed by atoms with van der Waals surface area (Å²) in [6.07, 6.45) is 2.16. The van der Waals surface area contributed by atoms with Crippen molar-refractivity contribution in [3.05, 3.63) is 69.2 Å². The van der Waals surface area contributed by atoms with Crippen molar-refractivity contribution in [3.63, 3.8) is 0 Å². The minimum absolute atomic E-state index is 0.0191. The van der Waals surface area contributed by atoms with Crippen LogP contribution >= 0.6 is 11.6 Å². The number of carboxylic acids is 1. The minimum atomic E-state index is -1.14. The maximum absolute atomic E-state index is 11.1. The van der Waals surface area contributed by atoms with Gasteiger partial charge in [-0.3, -0.25) is 10.1 Å². The normalized spacial score (nSPS) is 10.6. The smallest absolute Gasteiger partial charge is 0.328 e. The van der Waals surface area contributed by atoms with E-state index in [0.717, 1.165) is 6.08 Å². The summed E-state index contributed by atoms with van der Waals surface area (Å²) in [6, 6.07) is 10.7. The average molecular weight is 320 g/mol. The lowest BCUT2D eigenvalue weighted by Crippen LogP contribution is -1.95. The zero-order valence-corrected chi connectivity index (χ0v) is 11.9. The highest BCUT2D eigenvalue weighted by Gasteiger charge is 2.17. The lowest BCUT2D eigenvalue weighted by Gasteiger charge is -2.08. The summed E-state index contributed by atoms with van der Waals surface area (Å²) in [5, 5.41) is 20.0. The molecule has 2 rings (SSSR count). The predicted octanol–water partition coefficient (Wildman–Crippen LogP) is 4.14. The standard InChI is InChI=1S/C15H10ClNO5/c16-11-3-1-2-4-13(11)22-14-7-5-10(6-8-15(18)19)9-12(14)17(20)21/h1-9H,(H,18,19)/b8-6+. The molecule has 0 aliphatic rings. The van der Waals surface area contributed by atoms with Crippen LogP contribution in [-0.2, 0) is 4.79 Å². The first kappa shape index (κ1) is 15.5. The van der Waals surface area contributed by atoms with E-state index in [0.29, 0.717) is 16.3 Å². The van der Waals surface area contributed by atoms with E-state index < -0.39 is 10.9 Å². The van der Waals surface area contributed by atoms with Gasteiger partial charge < -0.3 is 9.84 Å². The highest BCUT2D eigenvalue weighted by Crippen LogP contribution is 2.35. The number of hydrogen-bond acceptors (Lipinski definition) is 4. The van der Waals surface area contributed by atoms with E-state index >= 15 is 0 Å². The second-order valence-electron chi connectivity index (χ2n) is 4.19. The van der Waals surface area contributed by atoms with E-state index in [2.05, 4.69) is 0 Å². The SMILES string of the molecule is O=C(O)/C=C/c1ccc(Oc2ccccc2Cl)c([N+](=O)[O-])c1. The Morgan fingerprint density at radius 3 is 2.59 bits per heavy atom. The van der Waals surface area contributed by atoms with Crippen LogP contribution in [0, 0.1) is 10.1 Å². The van der Waals surface area contributed by atoms with Crippen molar-refractivity contribution in [2.75, 3.05) is 0 Å². The number of carbonyl (C=O) groups is 1. The van der Waals surface area contributed by atoms with Gasteiger partial charge in [0.25, 0.3) is 0 Å². The van der Waals surface area contributed by atoms with E-state index in [4.69, 9.17) is 21.4 Å². The van der Waals surface area contributed by atoms with Gasteiger partial charge in [0, 0.05) is 12.1 Å². The third-order valence-electron chi connectivity index (χ3n) is 2.65. The second-order valence-corrected chi connectivity index (χ2v) is 4.60. The summed E-state index contributed by atoms with van der Waals surface area (Å²) in [4.78, 5) is 21.0. The molecule has 6 nitrogen and oxygen atoms in total. The van der Waals surface area contributed by atoms with Gasteiger partial charge in [-0.2, -0.15) is 0 Å². The Labute approximate surface area is 130 Å². The van der Waals surface area contributed by atoms with Gasteiger partial charge in [-0.1, -0.05) is 29.8 Å². The number of nitro benzene ring substituents is 1. The van der Waals surface area contributed by atoms with Gasteiger partial charge in [0.2, 0.25) is 5.75 Å². The molecule has 0 heterocycles. The second kappa shape index (κ2) is 6.73. The number of para-hydroxylation sites is 1. The molecule has 0 aliphatic carbocycles. The summed E-state index contributed by atoms with van der Waals surface area (Å²) < 4.78 is 5.47. The highest BCUT2D eigenvalue weighted by molar-refractivity contribution is 6.32. The maximum Gasteiger partial charge on any atom is 0.328 e. The Hall–Kier alpha value is -2.86. The summed E-state index contributed by atoms with van der Waals surface area (Å²) >= 11 is 5.95. The van der Waals surface area contributed by atoms with Crippen LogP contribution in [0.4, 0.5) is 5.69 Å². The molecular weight excluding hydrogens is 310 g/mol. The van der Waals surface area contributed by atoms with E-state index in [1.54, 1.807) is 24.3 Å². The number of nitro groups is 1. The largest absolute Gasteiger partial charge is 0.478 e. The van der Waals surface area contributed by atoms with Crippen molar-refractivity contribution in [1.29, 1.82) is 0 Å². The zero-order chi connectivity index (χ0) is 16.1. The number of halogens is 1. The summed E-state index contributed by atoms with van der Waals surface area (Å²) in [7, 11) is 0. The number of carboxylic acid groups (broad SMARTS) is 1. The Morgan fingerprint density at radius 1 is 1.23 bits per heavy atom. The predicted molar refractivity (Wildman–Crippen MR) is 81.3 cm³/mol. The fourth-order valence-corrected chi connectivity index (χ4v) is 1.85. The molecule has 0 radical (unpaired) electrons. The van der Waals surface area contributed by atoms with Crippen molar-refractivity contribution >= 4 is 29.3 Å². The van der Waals surface area contributed by atoms with Crippen LogP contribution in [0.2, 0.25) is 5.02 Å². The van der Waals surface area contributed by atoms with Crippen LogP contribution in [0.15, 0.2) is 48.5 Å². The molecule has 1 N–H and O–H groups in total. The molecule has 2 aromatic carbocycles. The lowest BCUT2D eigenvalue weighted by atomic mass is 10.1. The van der Waals surface area contributed by atoms with Crippen molar-refractivity contribution in [2.24, 2.45) is 0 Å². The highest BCUT2D eigenvalue weighted by atomic mass is 35.5. The number of benzene rings is 2. The maximum atomic E-state index is 11.1. The Balaban J connectivity index is 2.37. The molecule has 0 spiro atoms. The minimum Gasteiger partial charge on any atom is -0.478 e. The molecular formula is C15H10ClNO5. The molecule has 0 bridgehead atoms. The molecule has 0 saturated carbocycles. The van der Waals surface area contributed by atoms with Crippen LogP contribution in [0.3, 0.4) is 0 Å². The molecule has 0 unspecified atom stereocenters. The molecule has 0 aromatic heterocycles. The first-order valence-electron chi connectivity index (χ1n) is 6.09. The fraction of sp³-hybridized carbons (Fsp3) is 0. The van der Waals surface area contributed by atoms with Gasteiger partial charge in [0.05, 0.1) is 9.95 Å². The van der Waals surface area contributed by atoms with Crippen LogP contribution in [0.25, 0.3) is 6.08 Å². The number of ether oxygens (including phenoxy) is 1. The Morgan fingerprint density at radius 2 is 1.95 bits per heavy atom. The molecule has 7 heteroatoms. The molecule has 0 atom stereocenters. The van der Waals surface area contributed by atoms with Gasteiger partial charge in [0.15, 0.2) is 0 Å². The van der Waals surface area contributed by atoms with Crippen molar-refractivity contribution < 1.29 is 19.6 Å². The van der Waals surface area contributed by atoms with Gasteiger partial charge >= 0.3 is 11.7 Å². The van der Waals surface area contributed by atoms with E-state index in [1.807, 2.05) is 0 Å². The molecule has 112 valence electrons. The van der Waals surface area contributed by atoms with Crippen molar-refractivity contribution in [2.45, 2.75) is 0 Å². The van der Waals surface area contributed by atoms with Crippen LogP contribution < -0.4 is 4.74 Å². The zero-order valence-electron chi connectivity index (χ0n) is 11.1. The van der Waals surface area contributed by atoms with Gasteiger partial charge in [-0.05, 0) is 29.8 Å². The fourth-order valence-electron chi connectivity index (χ4n) is 1.68. The molecule has 0 amide bonds. The van der Waals surface area contributed by atoms with Gasteiger partial charge in [-0.15, -0.1) is 0 Å². The first-order valence-corrected chi connectivity index (χ1v) is 6.47. The van der Waals surface area contributed by atoms with E-state index in [-0.39, 0.29) is 11.4 Å². The van der Waals surface area contributed by atoms with Gasteiger partial charge in [0.1, 0.15) is 5.75 Å². The van der Waals surface area contributed by atoms with Crippen LogP contribution in [-0.4, -0.2) is 16.0 Å². The van der Waals surface area contributed by atoms with E-state index in [1.165, 1.54) is 24.3 Å². The Bertz CT molecular complexity index is 757. The molecule has 0 fully saturated rings. The van der Waals surface area contributed by atoms with Crippen molar-refractivity contribution in [1.82, 2.24) is 0 Å². The molecule has 22 heavy (non-hydrogen) atoms. The van der Waals surface area contributed by atoms with E-state index in [9.17, 15) is 14.9 Å². The summed E-state index contributed by atoms with van der Waals surface area (Å²) in [5.41, 5.74) is 0.0908. The lowest BCUT2D eigenvalue weighted by molar-refractivity contribution is -0.385. The Kier molecular flexibility index (Phi) is 4.75. The number of rotatable bonds is 5. The van der Waals surface area contributed by atoms with Crippen LogP contribution in [0.1, 0.15) is 5.56 Å². The topological polar surface area (TPSA) is 89.7 Å². The number of nitrogens with zero attached hydrogens (tertiary/aromatic N) is 1. The summed E-state index contributed by atoms with van der Waals surface area (Å²) in [6.45, 7) is 0. The number of hydrogen-bond donors (Lipinski definition) is 1.